The van der Waals surface area contributed by atoms with Crippen LogP contribution in [0.25, 0.3) is 0 Å². The third kappa shape index (κ3) is 2.39. The monoisotopic (exact) mass is 237 g/mol. The molecule has 3 unspecified atom stereocenters. The Hall–Kier alpha value is 0.330. The molecule has 0 aliphatic heterocycles. The maximum atomic E-state index is 10.4. The predicted octanol–water partition coefficient (Wildman–Crippen LogP) is 1.60. The average molecular weight is 238 g/mol. The molecule has 1 aliphatic carbocycles. The Kier molecular flexibility index (Phi) is 3.28. The lowest BCUT2D eigenvalue weighted by Gasteiger charge is -2.13. The molecule has 11 heavy (non-hydrogen) atoms. The summed E-state index contributed by atoms with van der Waals surface area (Å²) in [5.41, 5.74) is 1.04. The van der Waals surface area contributed by atoms with Gasteiger partial charge in [0.15, 0.2) is 0 Å². The summed E-state index contributed by atoms with van der Waals surface area (Å²) >= 11 is 1.51. The molecule has 64 valence electrons. The van der Waals surface area contributed by atoms with Crippen molar-refractivity contribution in [3.05, 3.63) is 12.2 Å². The Morgan fingerprint density at radius 3 is 2.73 bits per heavy atom. The summed E-state index contributed by atoms with van der Waals surface area (Å²) in [7, 11) is 0. The van der Waals surface area contributed by atoms with Gasteiger partial charge in [0.25, 0.3) is 0 Å². The van der Waals surface area contributed by atoms with Gasteiger partial charge >= 0.3 is 0 Å². The first kappa shape index (κ1) is 9.42. The van der Waals surface area contributed by atoms with Crippen LogP contribution in [0, 0.1) is 5.92 Å². The highest BCUT2D eigenvalue weighted by Crippen LogP contribution is 2.35. The number of hydrogen-bond donors (Lipinski definition) is 0. The van der Waals surface area contributed by atoms with E-state index >= 15 is 0 Å². The number of halogens is 1. The third-order valence-corrected chi connectivity index (χ3v) is 3.75. The van der Waals surface area contributed by atoms with Crippen molar-refractivity contribution in [1.29, 1.82) is 0 Å². The molecule has 2 nitrogen and oxygen atoms in total. The molecule has 3 atom stereocenters. The summed E-state index contributed by atoms with van der Waals surface area (Å²) in [6.07, 6.45) is 1.96. The molecule has 1 fully saturated rings. The molecule has 0 aromatic rings. The van der Waals surface area contributed by atoms with Gasteiger partial charge in [-0.1, -0.05) is 39.2 Å². The predicted molar refractivity (Wildman–Crippen MR) is 48.4 cm³/mol. The van der Waals surface area contributed by atoms with Crippen molar-refractivity contribution in [2.45, 2.75) is 17.7 Å². The molecule has 0 heterocycles. The summed E-state index contributed by atoms with van der Waals surface area (Å²) in [5.74, 6) is 0.415. The molecule has 1 aliphatic rings. The quantitative estimate of drug-likeness (QED) is 0.416. The van der Waals surface area contributed by atoms with Crippen LogP contribution in [0.15, 0.2) is 12.2 Å². The van der Waals surface area contributed by atoms with Gasteiger partial charge in [-0.25, -0.2) is 0 Å². The molecule has 0 spiro atoms. The zero-order chi connectivity index (χ0) is 8.43. The lowest BCUT2D eigenvalue weighted by atomic mass is 10.1. The lowest BCUT2D eigenvalue weighted by molar-refractivity contribution is 0.525. The molecule has 0 aromatic carbocycles. The van der Waals surface area contributed by atoms with E-state index in [1.807, 2.05) is 0 Å². The fraction of sp³-hybridized carbons (Fsp3) is 0.714. The van der Waals surface area contributed by atoms with Crippen LogP contribution >= 0.6 is 15.9 Å². The van der Waals surface area contributed by atoms with Crippen molar-refractivity contribution < 1.29 is 8.76 Å². The minimum absolute atomic E-state index is 0.178. The molecule has 1 saturated carbocycles. The summed E-state index contributed by atoms with van der Waals surface area (Å²) < 4.78 is 20.7. The SMILES string of the molecule is C=C1C(Br)CCC1CS(=O)[O-]. The second-order valence-corrected chi connectivity index (χ2v) is 4.83. The van der Waals surface area contributed by atoms with Crippen LogP contribution in [0.5, 0.6) is 0 Å². The minimum atomic E-state index is -1.92. The highest BCUT2D eigenvalue weighted by molar-refractivity contribution is 9.09. The van der Waals surface area contributed by atoms with E-state index in [-0.39, 0.29) is 11.7 Å². The van der Waals surface area contributed by atoms with Crippen LogP contribution in [-0.2, 0) is 11.1 Å². The maximum absolute atomic E-state index is 10.4. The van der Waals surface area contributed by atoms with E-state index in [1.165, 1.54) is 0 Å². The summed E-state index contributed by atoms with van der Waals surface area (Å²) in [5, 5.41) is 0. The molecule has 0 bridgehead atoms. The summed E-state index contributed by atoms with van der Waals surface area (Å²) in [4.78, 5) is 0.330. The zero-order valence-corrected chi connectivity index (χ0v) is 8.49. The van der Waals surface area contributed by atoms with Gasteiger partial charge in [0, 0.05) is 10.6 Å². The Balaban J connectivity index is 2.49. The van der Waals surface area contributed by atoms with E-state index < -0.39 is 11.1 Å². The molecular formula is C7H10BrO2S-. The van der Waals surface area contributed by atoms with Crippen LogP contribution in [-0.4, -0.2) is 19.3 Å². The average Bonchev–Trinajstić information content (AvgIpc) is 2.18. The zero-order valence-electron chi connectivity index (χ0n) is 6.09. The van der Waals surface area contributed by atoms with E-state index in [9.17, 15) is 8.76 Å². The molecule has 4 heteroatoms. The first-order valence-corrected chi connectivity index (χ1v) is 5.66. The van der Waals surface area contributed by atoms with Gasteiger partial charge in [0.1, 0.15) is 0 Å². The van der Waals surface area contributed by atoms with Crippen LogP contribution in [0.4, 0.5) is 0 Å². The van der Waals surface area contributed by atoms with Crippen LogP contribution in [0.3, 0.4) is 0 Å². The maximum Gasteiger partial charge on any atom is 0.0355 e. The smallest absolute Gasteiger partial charge is 0.0355 e. The van der Waals surface area contributed by atoms with Gasteiger partial charge in [-0.2, -0.15) is 0 Å². The van der Waals surface area contributed by atoms with Gasteiger partial charge < -0.3 is 4.55 Å². The molecular weight excluding hydrogens is 228 g/mol. The van der Waals surface area contributed by atoms with Crippen LogP contribution in [0.2, 0.25) is 0 Å². The van der Waals surface area contributed by atoms with Crippen molar-refractivity contribution in [2.24, 2.45) is 5.92 Å². The second kappa shape index (κ2) is 3.83. The summed E-state index contributed by atoms with van der Waals surface area (Å²) in [6.45, 7) is 3.85. The van der Waals surface area contributed by atoms with E-state index in [2.05, 4.69) is 22.5 Å². The van der Waals surface area contributed by atoms with Crippen molar-refractivity contribution >= 4 is 27.0 Å². The van der Waals surface area contributed by atoms with Crippen molar-refractivity contribution in [3.8, 4) is 0 Å². The first-order valence-electron chi connectivity index (χ1n) is 3.50. The largest absolute Gasteiger partial charge is 0.772 e. The standard InChI is InChI=1S/C7H11BrO2S/c1-5-6(4-11(9)10)2-3-7(5)8/h6-7H,1-4H2,(H,9,10)/p-1. The number of hydrogen-bond acceptors (Lipinski definition) is 2. The summed E-state index contributed by atoms with van der Waals surface area (Å²) in [6, 6.07) is 0. The molecule has 0 N–H and O–H groups in total. The Bertz CT molecular complexity index is 193. The highest BCUT2D eigenvalue weighted by Gasteiger charge is 2.26. The number of alkyl halides is 1. The van der Waals surface area contributed by atoms with Gasteiger partial charge in [-0.3, -0.25) is 4.21 Å². The van der Waals surface area contributed by atoms with Gasteiger partial charge in [0.2, 0.25) is 0 Å². The Morgan fingerprint density at radius 2 is 2.36 bits per heavy atom. The minimum Gasteiger partial charge on any atom is -0.772 e. The van der Waals surface area contributed by atoms with E-state index in [0.29, 0.717) is 4.83 Å². The van der Waals surface area contributed by atoms with Crippen molar-refractivity contribution in [1.82, 2.24) is 0 Å². The van der Waals surface area contributed by atoms with Crippen molar-refractivity contribution in [2.75, 3.05) is 5.75 Å². The van der Waals surface area contributed by atoms with E-state index in [0.717, 1.165) is 18.4 Å². The van der Waals surface area contributed by atoms with Crippen molar-refractivity contribution in [3.63, 3.8) is 0 Å². The highest BCUT2D eigenvalue weighted by atomic mass is 79.9. The normalized spacial score (nSPS) is 34.2. The van der Waals surface area contributed by atoms with Gasteiger partial charge in [0.05, 0.1) is 0 Å². The molecule has 0 aromatic heterocycles. The molecule has 1 rings (SSSR count). The Labute approximate surface area is 77.5 Å². The molecule has 0 radical (unpaired) electrons. The van der Waals surface area contributed by atoms with E-state index in [4.69, 9.17) is 0 Å². The van der Waals surface area contributed by atoms with Crippen LogP contribution < -0.4 is 0 Å². The number of allylic oxidation sites excluding steroid dienone is 1. The number of rotatable bonds is 2. The lowest BCUT2D eigenvalue weighted by Crippen LogP contribution is -2.09. The molecule has 0 amide bonds. The van der Waals surface area contributed by atoms with Gasteiger partial charge in [-0.15, -0.1) is 0 Å². The van der Waals surface area contributed by atoms with Gasteiger partial charge in [-0.05, 0) is 18.8 Å². The first-order chi connectivity index (χ1) is 5.11. The third-order valence-electron chi connectivity index (χ3n) is 2.03. The topological polar surface area (TPSA) is 40.1 Å². The Morgan fingerprint density at radius 1 is 1.73 bits per heavy atom. The van der Waals surface area contributed by atoms with E-state index in [1.54, 1.807) is 0 Å². The fourth-order valence-electron chi connectivity index (χ4n) is 1.33. The second-order valence-electron chi connectivity index (χ2n) is 2.79. The fourth-order valence-corrected chi connectivity index (χ4v) is 2.68. The molecule has 0 saturated heterocycles. The van der Waals surface area contributed by atoms with Crippen LogP contribution in [0.1, 0.15) is 12.8 Å².